The smallest absolute Gasteiger partial charge is 0.0422 e. The minimum atomic E-state index is 0.238. The lowest BCUT2D eigenvalue weighted by molar-refractivity contribution is 0.582. The standard InChI is InChI=1S/C15H16Br2N2/c1-10-3-5-12(19-9-10)8-15(18-2)13-7-11(16)4-6-14(13)17/h3-7,9,15,18H,8H2,1-2H3. The molecule has 0 fully saturated rings. The lowest BCUT2D eigenvalue weighted by atomic mass is 10.0. The molecule has 1 N–H and O–H groups in total. The first-order chi connectivity index (χ1) is 9.10. The Balaban J connectivity index is 2.24. The molecule has 1 aromatic heterocycles. The summed E-state index contributed by atoms with van der Waals surface area (Å²) in [4.78, 5) is 4.48. The fraction of sp³-hybridized carbons (Fsp3) is 0.267. The van der Waals surface area contributed by atoms with Gasteiger partial charge in [0.2, 0.25) is 0 Å². The highest BCUT2D eigenvalue weighted by atomic mass is 79.9. The van der Waals surface area contributed by atoms with Crippen LogP contribution in [0.5, 0.6) is 0 Å². The highest BCUT2D eigenvalue weighted by molar-refractivity contribution is 9.11. The lowest BCUT2D eigenvalue weighted by Crippen LogP contribution is -2.19. The van der Waals surface area contributed by atoms with Gasteiger partial charge in [-0.25, -0.2) is 0 Å². The maximum atomic E-state index is 4.48. The third-order valence-electron chi connectivity index (χ3n) is 3.07. The number of hydrogen-bond acceptors (Lipinski definition) is 2. The summed E-state index contributed by atoms with van der Waals surface area (Å²) in [6, 6.07) is 10.7. The molecule has 2 rings (SSSR count). The predicted molar refractivity (Wildman–Crippen MR) is 86.3 cm³/mol. The van der Waals surface area contributed by atoms with Crippen molar-refractivity contribution in [3.8, 4) is 0 Å². The SMILES string of the molecule is CNC(Cc1ccc(C)cn1)c1cc(Br)ccc1Br. The Morgan fingerprint density at radius 2 is 2.00 bits per heavy atom. The normalized spacial score (nSPS) is 12.4. The summed E-state index contributed by atoms with van der Waals surface area (Å²) in [5, 5.41) is 3.36. The van der Waals surface area contributed by atoms with Gasteiger partial charge in [0.25, 0.3) is 0 Å². The molecule has 0 amide bonds. The van der Waals surface area contributed by atoms with E-state index in [1.54, 1.807) is 0 Å². The molecule has 0 aliphatic heterocycles. The summed E-state index contributed by atoms with van der Waals surface area (Å²) in [6.45, 7) is 2.05. The average Bonchev–Trinajstić information content (AvgIpc) is 2.41. The van der Waals surface area contributed by atoms with Crippen molar-refractivity contribution in [2.75, 3.05) is 7.05 Å². The van der Waals surface area contributed by atoms with Crippen molar-refractivity contribution in [3.63, 3.8) is 0 Å². The number of benzene rings is 1. The van der Waals surface area contributed by atoms with Crippen molar-refractivity contribution < 1.29 is 0 Å². The molecule has 2 aromatic rings. The van der Waals surface area contributed by atoms with Gasteiger partial charge in [0.05, 0.1) is 0 Å². The summed E-state index contributed by atoms with van der Waals surface area (Å²) in [6.07, 6.45) is 2.78. The minimum Gasteiger partial charge on any atom is -0.313 e. The monoisotopic (exact) mass is 382 g/mol. The van der Waals surface area contributed by atoms with Gasteiger partial charge in [-0.2, -0.15) is 0 Å². The van der Waals surface area contributed by atoms with Crippen molar-refractivity contribution >= 4 is 31.9 Å². The van der Waals surface area contributed by atoms with E-state index in [1.807, 2.05) is 19.3 Å². The molecule has 1 unspecified atom stereocenters. The summed E-state index contributed by atoms with van der Waals surface area (Å²) in [5.74, 6) is 0. The highest BCUT2D eigenvalue weighted by Crippen LogP contribution is 2.28. The zero-order chi connectivity index (χ0) is 13.8. The van der Waals surface area contributed by atoms with E-state index in [0.717, 1.165) is 21.1 Å². The number of nitrogens with zero attached hydrogens (tertiary/aromatic N) is 1. The molecule has 0 saturated heterocycles. The highest BCUT2D eigenvalue weighted by Gasteiger charge is 2.14. The van der Waals surface area contributed by atoms with Gasteiger partial charge in [-0.05, 0) is 49.4 Å². The van der Waals surface area contributed by atoms with Crippen LogP contribution < -0.4 is 5.32 Å². The second-order valence-electron chi connectivity index (χ2n) is 4.54. The van der Waals surface area contributed by atoms with Gasteiger partial charge in [-0.3, -0.25) is 4.98 Å². The minimum absolute atomic E-state index is 0.238. The topological polar surface area (TPSA) is 24.9 Å². The molecule has 1 atom stereocenters. The van der Waals surface area contributed by atoms with E-state index in [1.165, 1.54) is 11.1 Å². The summed E-state index contributed by atoms with van der Waals surface area (Å²) in [5.41, 5.74) is 3.52. The van der Waals surface area contributed by atoms with Crippen LogP contribution in [0.25, 0.3) is 0 Å². The van der Waals surface area contributed by atoms with Crippen molar-refractivity contribution in [3.05, 3.63) is 62.3 Å². The van der Waals surface area contributed by atoms with Gasteiger partial charge < -0.3 is 5.32 Å². The zero-order valence-electron chi connectivity index (χ0n) is 11.0. The van der Waals surface area contributed by atoms with Crippen LogP contribution in [0.1, 0.15) is 22.9 Å². The first-order valence-electron chi connectivity index (χ1n) is 6.14. The van der Waals surface area contributed by atoms with E-state index in [4.69, 9.17) is 0 Å². The summed E-state index contributed by atoms with van der Waals surface area (Å²) in [7, 11) is 1.98. The number of hydrogen-bond donors (Lipinski definition) is 1. The van der Waals surface area contributed by atoms with Gasteiger partial charge in [0.1, 0.15) is 0 Å². The Bertz CT molecular complexity index is 553. The Labute approximate surface area is 130 Å². The van der Waals surface area contributed by atoms with Crippen LogP contribution in [-0.2, 0) is 6.42 Å². The van der Waals surface area contributed by atoms with Gasteiger partial charge in [0, 0.05) is 33.3 Å². The van der Waals surface area contributed by atoms with Gasteiger partial charge in [0.15, 0.2) is 0 Å². The van der Waals surface area contributed by atoms with E-state index in [2.05, 4.69) is 73.3 Å². The van der Waals surface area contributed by atoms with E-state index < -0.39 is 0 Å². The number of pyridine rings is 1. The van der Waals surface area contributed by atoms with Crippen LogP contribution in [0.4, 0.5) is 0 Å². The van der Waals surface area contributed by atoms with E-state index >= 15 is 0 Å². The maximum Gasteiger partial charge on any atom is 0.0422 e. The summed E-state index contributed by atoms with van der Waals surface area (Å²) < 4.78 is 2.20. The second-order valence-corrected chi connectivity index (χ2v) is 6.31. The van der Waals surface area contributed by atoms with Crippen LogP contribution in [0, 0.1) is 6.92 Å². The molecular formula is C15H16Br2N2. The molecule has 0 bridgehead atoms. The van der Waals surface area contributed by atoms with Gasteiger partial charge in [-0.15, -0.1) is 0 Å². The van der Waals surface area contributed by atoms with Crippen molar-refractivity contribution in [2.24, 2.45) is 0 Å². The zero-order valence-corrected chi connectivity index (χ0v) is 14.1. The lowest BCUT2D eigenvalue weighted by Gasteiger charge is -2.18. The van der Waals surface area contributed by atoms with Crippen molar-refractivity contribution in [1.29, 1.82) is 0 Å². The van der Waals surface area contributed by atoms with E-state index in [0.29, 0.717) is 0 Å². The molecule has 0 radical (unpaired) electrons. The first kappa shape index (κ1) is 14.7. The number of aromatic nitrogens is 1. The Kier molecular flexibility index (Phi) is 5.13. The number of nitrogens with one attached hydrogen (secondary N) is 1. The van der Waals surface area contributed by atoms with Crippen LogP contribution in [-0.4, -0.2) is 12.0 Å². The molecule has 100 valence electrons. The third-order valence-corrected chi connectivity index (χ3v) is 4.28. The number of rotatable bonds is 4. The first-order valence-corrected chi connectivity index (χ1v) is 7.72. The fourth-order valence-corrected chi connectivity index (χ4v) is 2.88. The van der Waals surface area contributed by atoms with Gasteiger partial charge in [-0.1, -0.05) is 37.9 Å². The number of likely N-dealkylation sites (N-methyl/N-ethyl adjacent to an activating group) is 1. The Hall–Kier alpha value is -0.710. The van der Waals surface area contributed by atoms with E-state index in [-0.39, 0.29) is 6.04 Å². The van der Waals surface area contributed by atoms with Crippen LogP contribution in [0.3, 0.4) is 0 Å². The average molecular weight is 384 g/mol. The van der Waals surface area contributed by atoms with Gasteiger partial charge >= 0.3 is 0 Å². The molecule has 1 heterocycles. The second kappa shape index (κ2) is 6.64. The van der Waals surface area contributed by atoms with Crippen LogP contribution >= 0.6 is 31.9 Å². The quantitative estimate of drug-likeness (QED) is 0.845. The molecule has 2 nitrogen and oxygen atoms in total. The van der Waals surface area contributed by atoms with Crippen LogP contribution in [0.2, 0.25) is 0 Å². The Morgan fingerprint density at radius 3 is 2.63 bits per heavy atom. The summed E-state index contributed by atoms with van der Waals surface area (Å²) >= 11 is 7.14. The van der Waals surface area contributed by atoms with Crippen LogP contribution in [0.15, 0.2) is 45.5 Å². The molecule has 4 heteroatoms. The Morgan fingerprint density at radius 1 is 1.21 bits per heavy atom. The van der Waals surface area contributed by atoms with Crippen molar-refractivity contribution in [2.45, 2.75) is 19.4 Å². The third kappa shape index (κ3) is 3.88. The molecular weight excluding hydrogens is 368 g/mol. The van der Waals surface area contributed by atoms with Crippen molar-refractivity contribution in [1.82, 2.24) is 10.3 Å². The molecule has 1 aromatic carbocycles. The molecule has 0 saturated carbocycles. The number of halogens is 2. The largest absolute Gasteiger partial charge is 0.313 e. The molecule has 0 aliphatic rings. The molecule has 0 spiro atoms. The predicted octanol–water partition coefficient (Wildman–Crippen LogP) is 4.42. The molecule has 19 heavy (non-hydrogen) atoms. The maximum absolute atomic E-state index is 4.48. The van der Waals surface area contributed by atoms with E-state index in [9.17, 15) is 0 Å². The fourth-order valence-electron chi connectivity index (χ4n) is 1.98. The number of aryl methyl sites for hydroxylation is 1. The molecule has 0 aliphatic carbocycles.